The third kappa shape index (κ3) is 3.97. The van der Waals surface area contributed by atoms with E-state index in [0.29, 0.717) is 21.9 Å². The molecule has 2 aliphatic rings. The monoisotopic (exact) mass is 466 g/mol. The molecule has 166 valence electrons. The quantitative estimate of drug-likeness (QED) is 0.451. The highest BCUT2D eigenvalue weighted by atomic mass is 35.5. The van der Waals surface area contributed by atoms with Crippen LogP contribution in [0.4, 0.5) is 5.69 Å². The molecule has 1 aromatic carbocycles. The summed E-state index contributed by atoms with van der Waals surface area (Å²) in [6, 6.07) is 14.5. The number of halogens is 1. The van der Waals surface area contributed by atoms with Crippen LogP contribution in [0.15, 0.2) is 61.1 Å². The number of pyridine rings is 1. The second-order valence-corrected chi connectivity index (χ2v) is 9.29. The van der Waals surface area contributed by atoms with Gasteiger partial charge in [-0.15, -0.1) is 0 Å². The minimum absolute atomic E-state index is 0.0355. The molecule has 1 saturated heterocycles. The molecule has 0 radical (unpaired) electrons. The van der Waals surface area contributed by atoms with Crippen LogP contribution in [0.1, 0.15) is 61.5 Å². The van der Waals surface area contributed by atoms with Crippen molar-refractivity contribution in [1.29, 1.82) is 0 Å². The van der Waals surface area contributed by atoms with Crippen molar-refractivity contribution in [1.82, 2.24) is 14.9 Å². The van der Waals surface area contributed by atoms with E-state index in [4.69, 9.17) is 28.6 Å². The van der Waals surface area contributed by atoms with Gasteiger partial charge in [0.15, 0.2) is 5.11 Å². The van der Waals surface area contributed by atoms with Crippen LogP contribution in [0.25, 0.3) is 0 Å². The lowest BCUT2D eigenvalue weighted by atomic mass is 9.95. The maximum Gasteiger partial charge on any atom is 0.174 e. The van der Waals surface area contributed by atoms with Crippen LogP contribution in [-0.4, -0.2) is 21.8 Å². The number of nitrogens with one attached hydrogen (secondary N) is 1. The van der Waals surface area contributed by atoms with Crippen molar-refractivity contribution in [2.24, 2.45) is 0 Å². The zero-order valence-corrected chi connectivity index (χ0v) is 19.6. The topological polar surface area (TPSA) is 42.3 Å². The van der Waals surface area contributed by atoms with Crippen molar-refractivity contribution in [2.45, 2.75) is 50.2 Å². The molecule has 5 nitrogen and oxygen atoms in total. The number of methoxy groups -OCH3 is 1. The number of ether oxygens (including phenoxy) is 1. The molecule has 5 rings (SSSR count). The van der Waals surface area contributed by atoms with Crippen LogP contribution < -0.4 is 15.0 Å². The third-order valence-corrected chi connectivity index (χ3v) is 7.20. The summed E-state index contributed by atoms with van der Waals surface area (Å²) in [5.41, 5.74) is 3.11. The summed E-state index contributed by atoms with van der Waals surface area (Å²) in [6.45, 7) is 0. The number of hydrogen-bond acceptors (Lipinski definition) is 3. The lowest BCUT2D eigenvalue weighted by molar-refractivity contribution is 0.353. The van der Waals surface area contributed by atoms with Crippen LogP contribution in [0, 0.1) is 0 Å². The molecule has 0 unspecified atom stereocenters. The molecular weight excluding hydrogens is 440 g/mol. The van der Waals surface area contributed by atoms with E-state index >= 15 is 0 Å². The van der Waals surface area contributed by atoms with Gasteiger partial charge in [-0.2, -0.15) is 0 Å². The maximum absolute atomic E-state index is 6.48. The number of aromatic nitrogens is 2. The summed E-state index contributed by atoms with van der Waals surface area (Å²) in [5, 5.41) is 4.74. The minimum atomic E-state index is -0.0632. The first kappa shape index (κ1) is 21.3. The van der Waals surface area contributed by atoms with E-state index in [-0.39, 0.29) is 12.1 Å². The molecule has 1 N–H and O–H groups in total. The molecule has 2 fully saturated rings. The van der Waals surface area contributed by atoms with E-state index in [9.17, 15) is 0 Å². The molecule has 1 aliphatic heterocycles. The second kappa shape index (κ2) is 9.12. The number of anilines is 1. The molecule has 3 heterocycles. The Labute approximate surface area is 199 Å². The van der Waals surface area contributed by atoms with Crippen molar-refractivity contribution in [3.05, 3.63) is 77.3 Å². The standard InChI is InChI=1S/C25H27ClN4OS/c1-31-22-11-10-19(15-20(22)26)30-24(23(28-25(30)32)21-9-5-6-13-27-21)17-12-14-29(16-17)18-7-3-2-4-8-18/h5-6,9-16,18,23-24H,2-4,7-8H2,1H3,(H,28,32)/t23-,24-/m0/s1. The molecule has 1 aliphatic carbocycles. The van der Waals surface area contributed by atoms with Crippen LogP contribution in [0.2, 0.25) is 5.02 Å². The summed E-state index contributed by atoms with van der Waals surface area (Å²) < 4.78 is 7.74. The van der Waals surface area contributed by atoms with Gasteiger partial charge in [-0.25, -0.2) is 0 Å². The normalized spacial score (nSPS) is 21.6. The fourth-order valence-corrected chi connectivity index (χ4v) is 5.59. The van der Waals surface area contributed by atoms with E-state index in [0.717, 1.165) is 11.4 Å². The summed E-state index contributed by atoms with van der Waals surface area (Å²) in [5.74, 6) is 0.648. The van der Waals surface area contributed by atoms with E-state index in [1.165, 1.54) is 37.7 Å². The van der Waals surface area contributed by atoms with Crippen LogP contribution in [0.3, 0.4) is 0 Å². The number of rotatable bonds is 5. The number of thiocarbonyl (C=S) groups is 1. The number of nitrogens with zero attached hydrogens (tertiary/aromatic N) is 3. The summed E-state index contributed by atoms with van der Waals surface area (Å²) >= 11 is 12.3. The first-order chi connectivity index (χ1) is 15.7. The minimum Gasteiger partial charge on any atom is -0.495 e. The zero-order valence-electron chi connectivity index (χ0n) is 18.1. The van der Waals surface area contributed by atoms with E-state index in [1.807, 2.05) is 36.5 Å². The average Bonchev–Trinajstić information content (AvgIpc) is 3.45. The highest BCUT2D eigenvalue weighted by Gasteiger charge is 2.41. The molecule has 2 aromatic heterocycles. The fourth-order valence-electron chi connectivity index (χ4n) is 4.99. The van der Waals surface area contributed by atoms with Crippen LogP contribution in [0.5, 0.6) is 5.75 Å². The Hall–Kier alpha value is -2.57. The number of hydrogen-bond donors (Lipinski definition) is 1. The van der Waals surface area contributed by atoms with Crippen molar-refractivity contribution in [2.75, 3.05) is 12.0 Å². The molecule has 2 atom stereocenters. The van der Waals surface area contributed by atoms with Gasteiger partial charge < -0.3 is 19.5 Å². The predicted octanol–water partition coefficient (Wildman–Crippen LogP) is 6.23. The Kier molecular flexibility index (Phi) is 6.07. The number of benzene rings is 1. The summed E-state index contributed by atoms with van der Waals surface area (Å²) in [4.78, 5) is 6.79. The molecule has 0 amide bonds. The average molecular weight is 467 g/mol. The second-order valence-electron chi connectivity index (χ2n) is 8.50. The molecule has 32 heavy (non-hydrogen) atoms. The van der Waals surface area contributed by atoms with Gasteiger partial charge in [0.05, 0.1) is 29.9 Å². The molecular formula is C25H27ClN4OS. The Bertz CT molecular complexity index is 1100. The van der Waals surface area contributed by atoms with Gasteiger partial charge >= 0.3 is 0 Å². The largest absolute Gasteiger partial charge is 0.495 e. The highest BCUT2D eigenvalue weighted by molar-refractivity contribution is 7.80. The molecule has 0 spiro atoms. The van der Waals surface area contributed by atoms with Gasteiger partial charge in [-0.05, 0) is 67.0 Å². The molecule has 7 heteroatoms. The van der Waals surface area contributed by atoms with Gasteiger partial charge in [0, 0.05) is 30.3 Å². The smallest absolute Gasteiger partial charge is 0.174 e. The van der Waals surface area contributed by atoms with Gasteiger partial charge in [0.25, 0.3) is 0 Å². The fraction of sp³-hybridized carbons (Fsp3) is 0.360. The molecule has 0 bridgehead atoms. The Morgan fingerprint density at radius 1 is 1.12 bits per heavy atom. The lowest BCUT2D eigenvalue weighted by Gasteiger charge is -2.28. The van der Waals surface area contributed by atoms with Gasteiger partial charge in [0.2, 0.25) is 0 Å². The van der Waals surface area contributed by atoms with E-state index < -0.39 is 0 Å². The maximum atomic E-state index is 6.48. The Balaban J connectivity index is 1.55. The van der Waals surface area contributed by atoms with Crippen LogP contribution >= 0.6 is 23.8 Å². The Morgan fingerprint density at radius 2 is 1.97 bits per heavy atom. The van der Waals surface area contributed by atoms with Crippen molar-refractivity contribution < 1.29 is 4.74 Å². The highest BCUT2D eigenvalue weighted by Crippen LogP contribution is 2.43. The van der Waals surface area contributed by atoms with Gasteiger partial charge in [-0.3, -0.25) is 4.98 Å². The third-order valence-electron chi connectivity index (χ3n) is 6.59. The van der Waals surface area contributed by atoms with Gasteiger partial charge in [-0.1, -0.05) is 36.9 Å². The lowest BCUT2D eigenvalue weighted by Crippen LogP contribution is -2.29. The van der Waals surface area contributed by atoms with E-state index in [1.54, 1.807) is 7.11 Å². The van der Waals surface area contributed by atoms with Gasteiger partial charge in [0.1, 0.15) is 5.75 Å². The van der Waals surface area contributed by atoms with Crippen LogP contribution in [-0.2, 0) is 0 Å². The SMILES string of the molecule is COc1ccc(N2C(=S)N[C@@H](c3ccccn3)[C@@H]2c2ccn(C3CCCCC3)c2)cc1Cl. The van der Waals surface area contributed by atoms with Crippen molar-refractivity contribution in [3.8, 4) is 5.75 Å². The first-order valence-electron chi connectivity index (χ1n) is 11.2. The summed E-state index contributed by atoms with van der Waals surface area (Å²) in [7, 11) is 1.62. The molecule has 1 saturated carbocycles. The van der Waals surface area contributed by atoms with E-state index in [2.05, 4.69) is 44.3 Å². The van der Waals surface area contributed by atoms with Crippen molar-refractivity contribution in [3.63, 3.8) is 0 Å². The van der Waals surface area contributed by atoms with Crippen molar-refractivity contribution >= 4 is 34.6 Å². The molecule has 3 aromatic rings. The predicted molar refractivity (Wildman–Crippen MR) is 132 cm³/mol. The zero-order chi connectivity index (χ0) is 22.1. The Morgan fingerprint density at radius 3 is 2.69 bits per heavy atom. The summed E-state index contributed by atoms with van der Waals surface area (Å²) in [6.07, 6.45) is 12.8. The first-order valence-corrected chi connectivity index (χ1v) is 12.0.